The molecule has 0 saturated heterocycles. The van der Waals surface area contributed by atoms with Gasteiger partial charge in [-0.15, -0.1) is 11.3 Å². The minimum Gasteiger partial charge on any atom is -0.332 e. The number of thiophene rings is 1. The highest BCUT2D eigenvalue weighted by molar-refractivity contribution is 7.09. The van der Waals surface area contributed by atoms with E-state index in [2.05, 4.69) is 33.0 Å². The Morgan fingerprint density at radius 2 is 1.56 bits per heavy atom. The topological polar surface area (TPSA) is 52.7 Å². The van der Waals surface area contributed by atoms with Gasteiger partial charge in [0, 0.05) is 23.7 Å². The van der Waals surface area contributed by atoms with Gasteiger partial charge in [0.2, 0.25) is 5.91 Å². The number of hydrogen-bond acceptors (Lipinski definition) is 3. The van der Waals surface area contributed by atoms with Gasteiger partial charge in [0.05, 0.1) is 6.54 Å². The van der Waals surface area contributed by atoms with E-state index in [9.17, 15) is 9.59 Å². The molecule has 0 radical (unpaired) electrons. The Labute approximate surface area is 207 Å². The maximum atomic E-state index is 13.5. The molecule has 0 aliphatic carbocycles. The van der Waals surface area contributed by atoms with Gasteiger partial charge in [0.1, 0.15) is 6.54 Å². The van der Waals surface area contributed by atoms with Crippen molar-refractivity contribution in [2.45, 2.75) is 46.7 Å². The van der Waals surface area contributed by atoms with Crippen LogP contribution < -0.4 is 5.32 Å². The van der Waals surface area contributed by atoms with Gasteiger partial charge in [-0.3, -0.25) is 4.79 Å². The van der Waals surface area contributed by atoms with Crippen LogP contribution >= 0.6 is 11.3 Å². The lowest BCUT2D eigenvalue weighted by molar-refractivity contribution is -0.133. The van der Waals surface area contributed by atoms with Crippen LogP contribution in [-0.4, -0.2) is 34.8 Å². The number of nitrogens with zero attached hydrogens (tertiary/aromatic N) is 2. The van der Waals surface area contributed by atoms with E-state index in [1.807, 2.05) is 77.0 Å². The molecule has 0 saturated carbocycles. The predicted octanol–water partition coefficient (Wildman–Crippen LogP) is 6.59. The quantitative estimate of drug-likeness (QED) is 0.358. The number of hydrogen-bond donors (Lipinski definition) is 1. The van der Waals surface area contributed by atoms with E-state index in [1.54, 1.807) is 16.2 Å². The molecular formula is C28H35N3O2S. The molecule has 0 fully saturated rings. The molecule has 34 heavy (non-hydrogen) atoms. The third-order valence-corrected chi connectivity index (χ3v) is 6.38. The maximum absolute atomic E-state index is 13.5. The van der Waals surface area contributed by atoms with Crippen molar-refractivity contribution in [1.82, 2.24) is 9.80 Å². The molecule has 0 bridgehead atoms. The lowest BCUT2D eigenvalue weighted by Crippen LogP contribution is -2.45. The maximum Gasteiger partial charge on any atom is 0.322 e. The second-order valence-electron chi connectivity index (χ2n) is 9.30. The molecule has 1 heterocycles. The summed E-state index contributed by atoms with van der Waals surface area (Å²) in [5, 5.41) is 4.99. The van der Waals surface area contributed by atoms with E-state index >= 15 is 0 Å². The number of carbonyl (C=O) groups excluding carboxylic acids is 2. The van der Waals surface area contributed by atoms with Crippen molar-refractivity contribution in [3.05, 3.63) is 88.1 Å². The van der Waals surface area contributed by atoms with E-state index in [0.29, 0.717) is 25.6 Å². The Balaban J connectivity index is 1.73. The minimum absolute atomic E-state index is 0.0340. The molecule has 3 aromatic rings. The first-order chi connectivity index (χ1) is 16.3. The molecule has 0 unspecified atom stereocenters. The number of carbonyl (C=O) groups is 2. The van der Waals surface area contributed by atoms with Crippen LogP contribution in [-0.2, 0) is 17.9 Å². The Bertz CT molecular complexity index is 1030. The van der Waals surface area contributed by atoms with Crippen LogP contribution in [0.5, 0.6) is 0 Å². The number of urea groups is 1. The smallest absolute Gasteiger partial charge is 0.322 e. The van der Waals surface area contributed by atoms with Crippen molar-refractivity contribution in [2.75, 3.05) is 18.4 Å². The predicted molar refractivity (Wildman–Crippen MR) is 141 cm³/mol. The molecular weight excluding hydrogens is 442 g/mol. The zero-order valence-electron chi connectivity index (χ0n) is 20.5. The zero-order chi connectivity index (χ0) is 24.5. The Morgan fingerprint density at radius 1 is 0.853 bits per heavy atom. The summed E-state index contributed by atoms with van der Waals surface area (Å²) >= 11 is 1.63. The standard InChI is InChI=1S/C28H35N3O2S/c1-21(2)17-31(28(33)29-25-14-12-24(13-15-25)22(3)4)20-27(32)30(19-26-11-8-16-34-26)18-23-9-6-5-7-10-23/h5-16,21-22H,17-20H2,1-4H3,(H,29,33). The van der Waals surface area contributed by atoms with Crippen LogP contribution in [0.1, 0.15) is 49.6 Å². The number of benzene rings is 2. The molecule has 6 heteroatoms. The normalized spacial score (nSPS) is 11.0. The molecule has 0 aliphatic heterocycles. The Morgan fingerprint density at radius 3 is 2.15 bits per heavy atom. The van der Waals surface area contributed by atoms with Gasteiger partial charge in [-0.2, -0.15) is 0 Å². The number of nitrogens with one attached hydrogen (secondary N) is 1. The molecule has 1 N–H and O–H groups in total. The lowest BCUT2D eigenvalue weighted by Gasteiger charge is -2.29. The average Bonchev–Trinajstić information content (AvgIpc) is 3.32. The third-order valence-electron chi connectivity index (χ3n) is 5.52. The van der Waals surface area contributed by atoms with Crippen LogP contribution in [0, 0.1) is 5.92 Å². The lowest BCUT2D eigenvalue weighted by atomic mass is 10.0. The van der Waals surface area contributed by atoms with E-state index < -0.39 is 0 Å². The first-order valence-corrected chi connectivity index (χ1v) is 12.7. The number of amides is 3. The minimum atomic E-state index is -0.255. The summed E-state index contributed by atoms with van der Waals surface area (Å²) in [6.45, 7) is 9.95. The monoisotopic (exact) mass is 477 g/mol. The Hall–Kier alpha value is -3.12. The molecule has 3 amide bonds. The Kier molecular flexibility index (Phi) is 9.28. The molecule has 5 nitrogen and oxygen atoms in total. The fourth-order valence-corrected chi connectivity index (χ4v) is 4.42. The summed E-state index contributed by atoms with van der Waals surface area (Å²) in [4.78, 5) is 31.2. The molecule has 3 rings (SSSR count). The van der Waals surface area contributed by atoms with Crippen molar-refractivity contribution in [3.8, 4) is 0 Å². The average molecular weight is 478 g/mol. The summed E-state index contributed by atoms with van der Waals surface area (Å²) in [6, 6.07) is 21.6. The van der Waals surface area contributed by atoms with Gasteiger partial charge in [-0.1, -0.05) is 76.2 Å². The van der Waals surface area contributed by atoms with Crippen molar-refractivity contribution < 1.29 is 9.59 Å². The van der Waals surface area contributed by atoms with Gasteiger partial charge >= 0.3 is 6.03 Å². The van der Waals surface area contributed by atoms with E-state index in [4.69, 9.17) is 0 Å². The highest BCUT2D eigenvalue weighted by Crippen LogP contribution is 2.19. The van der Waals surface area contributed by atoms with Gasteiger partial charge < -0.3 is 15.1 Å². The van der Waals surface area contributed by atoms with Gasteiger partial charge in [0.25, 0.3) is 0 Å². The summed E-state index contributed by atoms with van der Waals surface area (Å²) in [5.74, 6) is 0.601. The van der Waals surface area contributed by atoms with Gasteiger partial charge in [0.15, 0.2) is 0 Å². The van der Waals surface area contributed by atoms with Crippen molar-refractivity contribution in [1.29, 1.82) is 0 Å². The second kappa shape index (κ2) is 12.4. The molecule has 0 atom stereocenters. The van der Waals surface area contributed by atoms with Crippen LogP contribution in [0.25, 0.3) is 0 Å². The second-order valence-corrected chi connectivity index (χ2v) is 10.3. The van der Waals surface area contributed by atoms with Crippen molar-refractivity contribution in [2.24, 2.45) is 5.92 Å². The summed E-state index contributed by atoms with van der Waals surface area (Å²) in [7, 11) is 0. The number of anilines is 1. The molecule has 0 spiro atoms. The molecule has 180 valence electrons. The van der Waals surface area contributed by atoms with Crippen LogP contribution in [0.15, 0.2) is 72.1 Å². The highest BCUT2D eigenvalue weighted by Gasteiger charge is 2.23. The van der Waals surface area contributed by atoms with Crippen LogP contribution in [0.4, 0.5) is 10.5 Å². The summed E-state index contributed by atoms with van der Waals surface area (Å²) < 4.78 is 0. The fourth-order valence-electron chi connectivity index (χ4n) is 3.70. The van der Waals surface area contributed by atoms with Crippen LogP contribution in [0.3, 0.4) is 0 Å². The first kappa shape index (κ1) is 25.5. The van der Waals surface area contributed by atoms with Crippen molar-refractivity contribution in [3.63, 3.8) is 0 Å². The first-order valence-electron chi connectivity index (χ1n) is 11.8. The largest absolute Gasteiger partial charge is 0.332 e. The van der Waals surface area contributed by atoms with Crippen LogP contribution in [0.2, 0.25) is 0 Å². The SMILES string of the molecule is CC(C)CN(CC(=O)N(Cc1ccccc1)Cc1cccs1)C(=O)Nc1ccc(C(C)C)cc1. The van der Waals surface area contributed by atoms with Gasteiger partial charge in [-0.05, 0) is 46.5 Å². The van der Waals surface area contributed by atoms with Crippen molar-refractivity contribution >= 4 is 29.0 Å². The van der Waals surface area contributed by atoms with E-state index in [-0.39, 0.29) is 24.4 Å². The summed E-state index contributed by atoms with van der Waals surface area (Å²) in [6.07, 6.45) is 0. The summed E-state index contributed by atoms with van der Waals surface area (Å²) in [5.41, 5.74) is 3.02. The molecule has 1 aromatic heterocycles. The molecule has 0 aliphatic rings. The highest BCUT2D eigenvalue weighted by atomic mass is 32.1. The van der Waals surface area contributed by atoms with E-state index in [0.717, 1.165) is 16.1 Å². The van der Waals surface area contributed by atoms with E-state index in [1.165, 1.54) is 5.56 Å². The zero-order valence-corrected chi connectivity index (χ0v) is 21.3. The third kappa shape index (κ3) is 7.73. The van der Waals surface area contributed by atoms with Gasteiger partial charge in [-0.25, -0.2) is 4.79 Å². The molecule has 2 aromatic carbocycles. The fraction of sp³-hybridized carbons (Fsp3) is 0.357. The number of rotatable bonds is 10.